The number of fused-ring (bicyclic) bond motifs is 1. The molecule has 2 heterocycles. The third-order valence-electron chi connectivity index (χ3n) is 2.22. The van der Waals surface area contributed by atoms with Crippen molar-refractivity contribution in [1.82, 2.24) is 9.38 Å². The lowest BCUT2D eigenvalue weighted by Crippen LogP contribution is -2.15. The Hall–Kier alpha value is -1.24. The second-order valence-corrected chi connectivity index (χ2v) is 4.34. The summed E-state index contributed by atoms with van der Waals surface area (Å²) in [6.07, 6.45) is 0.0793. The summed E-state index contributed by atoms with van der Waals surface area (Å²) in [7, 11) is 0. The zero-order chi connectivity index (χ0) is 12.5. The van der Waals surface area contributed by atoms with Gasteiger partial charge in [-0.1, -0.05) is 0 Å². The molecule has 2 aromatic heterocycles. The van der Waals surface area contributed by atoms with E-state index in [9.17, 15) is 13.2 Å². The van der Waals surface area contributed by atoms with Gasteiger partial charge in [-0.15, -0.1) is 0 Å². The quantitative estimate of drug-likeness (QED) is 0.941. The van der Waals surface area contributed by atoms with Gasteiger partial charge in [0.05, 0.1) is 12.1 Å². The summed E-state index contributed by atoms with van der Waals surface area (Å²) in [5, 5.41) is 2.75. The van der Waals surface area contributed by atoms with Crippen LogP contribution in [0.25, 0.3) is 5.65 Å². The maximum atomic E-state index is 12.0. The van der Waals surface area contributed by atoms with E-state index in [0.29, 0.717) is 15.8 Å². The van der Waals surface area contributed by atoms with Gasteiger partial charge in [0.1, 0.15) is 0 Å². The van der Waals surface area contributed by atoms with Crippen LogP contribution in [0, 0.1) is 0 Å². The fraction of sp³-hybridized carbons (Fsp3) is 0.300. The van der Waals surface area contributed by atoms with Gasteiger partial charge in [-0.25, -0.2) is 4.98 Å². The van der Waals surface area contributed by atoms with Crippen LogP contribution in [0.15, 0.2) is 29.1 Å². The molecule has 92 valence electrons. The summed E-state index contributed by atoms with van der Waals surface area (Å²) >= 11 is 3.29. The molecule has 0 bridgehead atoms. The molecule has 7 heteroatoms. The van der Waals surface area contributed by atoms with E-state index in [1.165, 1.54) is 0 Å². The molecule has 1 N–H and O–H groups in total. The van der Waals surface area contributed by atoms with Crippen molar-refractivity contribution >= 4 is 27.3 Å². The van der Waals surface area contributed by atoms with Crippen molar-refractivity contribution in [2.45, 2.75) is 12.6 Å². The van der Waals surface area contributed by atoms with Crippen molar-refractivity contribution in [1.29, 1.82) is 0 Å². The molecule has 0 spiro atoms. The average molecular weight is 308 g/mol. The highest BCUT2D eigenvalue weighted by atomic mass is 79.9. The molecular weight excluding hydrogens is 299 g/mol. The Kier molecular flexibility index (Phi) is 3.28. The topological polar surface area (TPSA) is 29.3 Å². The first-order chi connectivity index (χ1) is 7.97. The van der Waals surface area contributed by atoms with Crippen molar-refractivity contribution in [2.75, 3.05) is 11.9 Å². The monoisotopic (exact) mass is 307 g/mol. The molecule has 0 saturated heterocycles. The molecule has 0 aliphatic heterocycles. The van der Waals surface area contributed by atoms with Gasteiger partial charge in [-0.3, -0.25) is 0 Å². The van der Waals surface area contributed by atoms with Crippen molar-refractivity contribution < 1.29 is 13.2 Å². The fourth-order valence-corrected chi connectivity index (χ4v) is 1.89. The minimum Gasteiger partial charge on any atom is -0.381 e. The smallest absolute Gasteiger partial charge is 0.381 e. The molecule has 0 amide bonds. The second-order valence-electron chi connectivity index (χ2n) is 3.49. The van der Waals surface area contributed by atoms with Crippen molar-refractivity contribution in [3.05, 3.63) is 29.1 Å². The average Bonchev–Trinajstić information content (AvgIpc) is 2.67. The number of nitrogens with one attached hydrogen (secondary N) is 1. The minimum atomic E-state index is -4.15. The predicted octanol–water partition coefficient (Wildman–Crippen LogP) is 3.46. The molecule has 0 saturated carbocycles. The molecule has 0 aromatic carbocycles. The van der Waals surface area contributed by atoms with Crippen LogP contribution >= 0.6 is 15.9 Å². The number of halogens is 4. The minimum absolute atomic E-state index is 0.172. The van der Waals surface area contributed by atoms with E-state index in [1.54, 1.807) is 29.1 Å². The van der Waals surface area contributed by atoms with Crippen LogP contribution in [-0.4, -0.2) is 22.1 Å². The van der Waals surface area contributed by atoms with Gasteiger partial charge >= 0.3 is 6.18 Å². The molecule has 2 rings (SSSR count). The lowest BCUT2D eigenvalue weighted by Gasteiger charge is -2.11. The summed E-state index contributed by atoms with van der Waals surface area (Å²) in [5.74, 6) is 0. The molecule has 3 nitrogen and oxygen atoms in total. The summed E-state index contributed by atoms with van der Waals surface area (Å²) in [6.45, 7) is -0.172. The fourth-order valence-electron chi connectivity index (χ4n) is 1.46. The maximum Gasteiger partial charge on any atom is 0.390 e. The van der Waals surface area contributed by atoms with Gasteiger partial charge in [0.2, 0.25) is 0 Å². The number of hydrogen-bond acceptors (Lipinski definition) is 2. The Morgan fingerprint density at radius 2 is 2.12 bits per heavy atom. The van der Waals surface area contributed by atoms with E-state index in [2.05, 4.69) is 26.2 Å². The maximum absolute atomic E-state index is 12.0. The van der Waals surface area contributed by atoms with Gasteiger partial charge in [0.25, 0.3) is 0 Å². The van der Waals surface area contributed by atoms with Crippen molar-refractivity contribution in [3.8, 4) is 0 Å². The zero-order valence-corrected chi connectivity index (χ0v) is 10.2. The van der Waals surface area contributed by atoms with Gasteiger partial charge in [-0.05, 0) is 22.0 Å². The number of imidazole rings is 1. The summed E-state index contributed by atoms with van der Waals surface area (Å²) in [6, 6.07) is 1.75. The molecule has 0 unspecified atom stereocenters. The molecular formula is C10H9BrF3N3. The third kappa shape index (κ3) is 2.91. The van der Waals surface area contributed by atoms with E-state index < -0.39 is 12.6 Å². The highest BCUT2D eigenvalue weighted by molar-refractivity contribution is 9.10. The molecule has 0 aliphatic carbocycles. The molecule has 0 radical (unpaired) electrons. The van der Waals surface area contributed by atoms with E-state index >= 15 is 0 Å². The van der Waals surface area contributed by atoms with E-state index in [1.807, 2.05) is 0 Å². The Labute approximate surface area is 104 Å². The number of rotatable bonds is 3. The largest absolute Gasteiger partial charge is 0.390 e. The van der Waals surface area contributed by atoms with Crippen LogP contribution in [0.2, 0.25) is 0 Å². The van der Waals surface area contributed by atoms with Crippen LogP contribution < -0.4 is 5.32 Å². The predicted molar refractivity (Wildman–Crippen MR) is 62.1 cm³/mol. The first kappa shape index (κ1) is 12.2. The van der Waals surface area contributed by atoms with Crippen LogP contribution in [0.1, 0.15) is 6.42 Å². The van der Waals surface area contributed by atoms with Crippen LogP contribution in [0.4, 0.5) is 18.9 Å². The lowest BCUT2D eigenvalue weighted by atomic mass is 10.3. The molecule has 0 fully saturated rings. The molecule has 2 aromatic rings. The number of alkyl halides is 3. The number of nitrogens with zero attached hydrogens (tertiary/aromatic N) is 2. The van der Waals surface area contributed by atoms with Crippen LogP contribution in [0.3, 0.4) is 0 Å². The molecule has 0 atom stereocenters. The number of aromatic nitrogens is 2. The Morgan fingerprint density at radius 1 is 1.35 bits per heavy atom. The highest BCUT2D eigenvalue weighted by Crippen LogP contribution is 2.27. The Bertz CT molecular complexity index is 521. The summed E-state index contributed by atoms with van der Waals surface area (Å²) < 4.78 is 38.6. The first-order valence-corrected chi connectivity index (χ1v) is 5.68. The van der Waals surface area contributed by atoms with Crippen molar-refractivity contribution in [2.24, 2.45) is 0 Å². The SMILES string of the molecule is FC(F)(F)CCNc1c(Br)ccn2ccnc12. The molecule has 17 heavy (non-hydrogen) atoms. The second kappa shape index (κ2) is 4.56. The van der Waals surface area contributed by atoms with Crippen LogP contribution in [0.5, 0.6) is 0 Å². The summed E-state index contributed by atoms with van der Waals surface area (Å²) in [5.41, 5.74) is 1.17. The Morgan fingerprint density at radius 3 is 2.82 bits per heavy atom. The zero-order valence-electron chi connectivity index (χ0n) is 8.63. The van der Waals surface area contributed by atoms with E-state index in [0.717, 1.165) is 0 Å². The van der Waals surface area contributed by atoms with Gasteiger partial charge in [0, 0.05) is 29.6 Å². The van der Waals surface area contributed by atoms with Gasteiger partial charge in [0.15, 0.2) is 5.65 Å². The first-order valence-electron chi connectivity index (χ1n) is 4.89. The van der Waals surface area contributed by atoms with E-state index in [-0.39, 0.29) is 6.54 Å². The standard InChI is InChI=1S/C10H9BrF3N3/c11-7-1-5-17-6-4-16-9(17)8(7)15-3-2-10(12,13)14/h1,4-6,15H,2-3H2. The number of hydrogen-bond donors (Lipinski definition) is 1. The van der Waals surface area contributed by atoms with Crippen molar-refractivity contribution in [3.63, 3.8) is 0 Å². The number of pyridine rings is 1. The van der Waals surface area contributed by atoms with E-state index in [4.69, 9.17) is 0 Å². The third-order valence-corrected chi connectivity index (χ3v) is 2.88. The Balaban J connectivity index is 2.17. The molecule has 0 aliphatic rings. The highest BCUT2D eigenvalue weighted by Gasteiger charge is 2.26. The van der Waals surface area contributed by atoms with Gasteiger partial charge < -0.3 is 9.72 Å². The van der Waals surface area contributed by atoms with Crippen LogP contribution in [-0.2, 0) is 0 Å². The lowest BCUT2D eigenvalue weighted by molar-refractivity contribution is -0.131. The summed E-state index contributed by atoms with van der Waals surface area (Å²) in [4.78, 5) is 4.08. The number of anilines is 1. The van der Waals surface area contributed by atoms with Gasteiger partial charge in [-0.2, -0.15) is 13.2 Å². The normalized spacial score (nSPS) is 12.0.